The third-order valence-corrected chi connectivity index (χ3v) is 6.96. The fraction of sp³-hybridized carbons (Fsp3) is 0.222. The maximum Gasteiger partial charge on any atom is 0.200 e. The number of allylic oxidation sites excluding steroid dienone is 5. The van der Waals surface area contributed by atoms with Gasteiger partial charge in [0, 0.05) is 17.7 Å². The summed E-state index contributed by atoms with van der Waals surface area (Å²) in [6.07, 6.45) is 8.07. The third-order valence-electron chi connectivity index (χ3n) is 6.09. The first kappa shape index (κ1) is 19.8. The van der Waals surface area contributed by atoms with Crippen molar-refractivity contribution in [2.75, 3.05) is 13.1 Å². The quantitative estimate of drug-likeness (QED) is 0.483. The molecule has 154 valence electrons. The van der Waals surface area contributed by atoms with Crippen LogP contribution in [0.5, 0.6) is 0 Å². The highest BCUT2D eigenvalue weighted by atomic mass is 32.1. The van der Waals surface area contributed by atoms with Crippen molar-refractivity contribution in [1.29, 1.82) is 0 Å². The summed E-state index contributed by atoms with van der Waals surface area (Å²) in [5, 5.41) is 10.7. The fourth-order valence-corrected chi connectivity index (χ4v) is 5.25. The van der Waals surface area contributed by atoms with Gasteiger partial charge in [0.15, 0.2) is 0 Å². The molecule has 3 nitrogen and oxygen atoms in total. The van der Waals surface area contributed by atoms with Crippen molar-refractivity contribution in [3.63, 3.8) is 0 Å². The molecule has 0 unspecified atom stereocenters. The Bertz CT molecular complexity index is 1280. The first-order valence-electron chi connectivity index (χ1n) is 10.9. The van der Waals surface area contributed by atoms with Crippen molar-refractivity contribution in [3.05, 3.63) is 93.5 Å². The first-order valence-corrected chi connectivity index (χ1v) is 11.7. The minimum Gasteiger partial charge on any atom is -0.230 e. The van der Waals surface area contributed by atoms with Gasteiger partial charge in [0.2, 0.25) is 5.71 Å². The highest BCUT2D eigenvalue weighted by Gasteiger charge is 2.27. The van der Waals surface area contributed by atoms with Gasteiger partial charge in [0.1, 0.15) is 23.1 Å². The molecule has 0 amide bonds. The minimum atomic E-state index is 0.962. The number of benzene rings is 2. The molecule has 4 heteroatoms. The van der Waals surface area contributed by atoms with Crippen LogP contribution in [0.15, 0.2) is 71.8 Å². The van der Waals surface area contributed by atoms with Crippen molar-refractivity contribution in [2.45, 2.75) is 27.2 Å². The van der Waals surface area contributed by atoms with Crippen LogP contribution in [0.25, 0.3) is 22.2 Å². The lowest BCUT2D eigenvalue weighted by Gasteiger charge is -2.26. The normalized spacial score (nSPS) is 14.9. The number of fused-ring (bicyclic) bond motifs is 2. The van der Waals surface area contributed by atoms with Gasteiger partial charge in [-0.2, -0.15) is 0 Å². The number of hydrogen-bond donors (Lipinski definition) is 0. The van der Waals surface area contributed by atoms with Gasteiger partial charge in [-0.05, 0) is 66.7 Å². The molecule has 0 atom stereocenters. The lowest BCUT2D eigenvalue weighted by Crippen LogP contribution is -2.22. The second-order valence-electron chi connectivity index (χ2n) is 7.93. The van der Waals surface area contributed by atoms with Gasteiger partial charge in [-0.15, -0.1) is 10.2 Å². The second kappa shape index (κ2) is 8.20. The number of hydrogen-bond acceptors (Lipinski definition) is 3. The summed E-state index contributed by atoms with van der Waals surface area (Å²) < 4.78 is 2.43. The molecule has 2 aromatic carbocycles. The van der Waals surface area contributed by atoms with Crippen LogP contribution in [0.3, 0.4) is 0 Å². The Balaban J connectivity index is 1.75. The third kappa shape index (κ3) is 3.61. The Hall–Kier alpha value is -3.11. The Morgan fingerprint density at radius 1 is 0.839 bits per heavy atom. The largest absolute Gasteiger partial charge is 0.230 e. The Morgan fingerprint density at radius 2 is 1.58 bits per heavy atom. The Kier molecular flexibility index (Phi) is 5.24. The van der Waals surface area contributed by atoms with Gasteiger partial charge in [-0.3, -0.25) is 0 Å². The van der Waals surface area contributed by atoms with E-state index in [2.05, 4.69) is 95.4 Å². The predicted molar refractivity (Wildman–Crippen MR) is 131 cm³/mol. The van der Waals surface area contributed by atoms with Crippen LogP contribution in [0, 0.1) is 6.92 Å². The summed E-state index contributed by atoms with van der Waals surface area (Å²) in [4.78, 5) is 0. The van der Waals surface area contributed by atoms with Gasteiger partial charge in [-0.1, -0.05) is 59.9 Å². The molecular weight excluding hydrogens is 398 g/mol. The summed E-state index contributed by atoms with van der Waals surface area (Å²) in [6.45, 7) is 8.44. The molecule has 1 aromatic heterocycles. The number of nitrogens with zero attached hydrogens (tertiary/aromatic N) is 3. The zero-order chi connectivity index (χ0) is 21.4. The van der Waals surface area contributed by atoms with E-state index in [0.717, 1.165) is 35.1 Å². The van der Waals surface area contributed by atoms with E-state index in [0.29, 0.717) is 0 Å². The number of aromatic nitrogens is 2. The molecule has 0 saturated heterocycles. The van der Waals surface area contributed by atoms with Gasteiger partial charge < -0.3 is 0 Å². The summed E-state index contributed by atoms with van der Waals surface area (Å²) >= 11 is 1.65. The molecule has 0 saturated carbocycles. The fourth-order valence-electron chi connectivity index (χ4n) is 4.51. The van der Waals surface area contributed by atoms with Crippen molar-refractivity contribution < 1.29 is 4.58 Å². The molecule has 1 heterocycles. The van der Waals surface area contributed by atoms with Crippen molar-refractivity contribution in [2.24, 2.45) is 0 Å². The first-order chi connectivity index (χ1) is 15.2. The van der Waals surface area contributed by atoms with E-state index >= 15 is 0 Å². The Morgan fingerprint density at radius 3 is 2.32 bits per heavy atom. The van der Waals surface area contributed by atoms with Crippen LogP contribution >= 0.6 is 11.3 Å². The second-order valence-corrected chi connectivity index (χ2v) is 9.11. The van der Waals surface area contributed by atoms with E-state index < -0.39 is 0 Å². The zero-order valence-electron chi connectivity index (χ0n) is 18.2. The molecule has 0 radical (unpaired) electrons. The molecule has 0 spiro atoms. The molecule has 2 aliphatic carbocycles. The molecule has 0 fully saturated rings. The highest BCUT2D eigenvalue weighted by Crippen LogP contribution is 2.42. The van der Waals surface area contributed by atoms with E-state index in [1.165, 1.54) is 39.1 Å². The molecule has 31 heavy (non-hydrogen) atoms. The molecule has 0 aliphatic heterocycles. The van der Waals surface area contributed by atoms with Crippen molar-refractivity contribution in [1.82, 2.24) is 10.2 Å². The molecular formula is C27H26N3S+. The van der Waals surface area contributed by atoms with E-state index in [1.807, 2.05) is 6.92 Å². The van der Waals surface area contributed by atoms with Crippen molar-refractivity contribution >= 4 is 28.7 Å². The summed E-state index contributed by atoms with van der Waals surface area (Å²) in [6, 6.07) is 17.3. The van der Waals surface area contributed by atoms with Gasteiger partial charge in [0.25, 0.3) is 0 Å². The Labute approximate surface area is 187 Å². The van der Waals surface area contributed by atoms with E-state index in [4.69, 9.17) is 0 Å². The SMILES string of the molecule is CC[N+](CC)=C1C=C2Cc3ccccc3C=C2C(c2ccccc2-c2nnc(C)s2)=C1. The monoisotopic (exact) mass is 424 g/mol. The zero-order valence-corrected chi connectivity index (χ0v) is 19.0. The minimum absolute atomic E-state index is 0.962. The molecule has 2 aliphatic rings. The van der Waals surface area contributed by atoms with Crippen LogP contribution in [-0.2, 0) is 6.42 Å². The lowest BCUT2D eigenvalue weighted by molar-refractivity contribution is -0.519. The topological polar surface area (TPSA) is 28.8 Å². The van der Waals surface area contributed by atoms with Gasteiger partial charge in [-0.25, -0.2) is 4.58 Å². The van der Waals surface area contributed by atoms with Crippen LogP contribution in [-0.4, -0.2) is 33.6 Å². The molecule has 5 rings (SSSR count). The highest BCUT2D eigenvalue weighted by molar-refractivity contribution is 7.14. The average Bonchev–Trinajstić information content (AvgIpc) is 3.24. The lowest BCUT2D eigenvalue weighted by atomic mass is 9.78. The predicted octanol–water partition coefficient (Wildman–Crippen LogP) is 5.97. The molecule has 0 N–H and O–H groups in total. The van der Waals surface area contributed by atoms with E-state index in [9.17, 15) is 0 Å². The van der Waals surface area contributed by atoms with Crippen LogP contribution < -0.4 is 0 Å². The van der Waals surface area contributed by atoms with E-state index in [1.54, 1.807) is 11.3 Å². The van der Waals surface area contributed by atoms with Crippen molar-refractivity contribution in [3.8, 4) is 10.6 Å². The van der Waals surface area contributed by atoms with Gasteiger partial charge >= 0.3 is 0 Å². The molecule has 3 aromatic rings. The maximum atomic E-state index is 4.46. The molecule has 0 bridgehead atoms. The number of aryl methyl sites for hydroxylation is 1. The van der Waals surface area contributed by atoms with Gasteiger partial charge in [0.05, 0.1) is 0 Å². The standard InChI is InChI=1S/C27H26N3S/c1-4-30(5-2)22-15-21-14-19-10-6-7-11-20(19)16-25(21)26(17-22)23-12-8-9-13-24(23)27-29-28-18(3)31-27/h6-13,15-17H,4-5,14H2,1-3H3/q+1. The maximum absolute atomic E-state index is 4.46. The van der Waals surface area contributed by atoms with Crippen LogP contribution in [0.2, 0.25) is 0 Å². The van der Waals surface area contributed by atoms with Crippen LogP contribution in [0.4, 0.5) is 0 Å². The van der Waals surface area contributed by atoms with E-state index in [-0.39, 0.29) is 0 Å². The van der Waals surface area contributed by atoms with Crippen LogP contribution in [0.1, 0.15) is 35.5 Å². The summed E-state index contributed by atoms with van der Waals surface area (Å²) in [5.41, 5.74) is 10.4. The summed E-state index contributed by atoms with van der Waals surface area (Å²) in [7, 11) is 0. The average molecular weight is 425 g/mol. The summed E-state index contributed by atoms with van der Waals surface area (Å²) in [5.74, 6) is 0. The number of rotatable bonds is 4. The smallest absolute Gasteiger partial charge is 0.200 e.